The molecule has 86 valence electrons. The van der Waals surface area contributed by atoms with E-state index in [0.717, 1.165) is 0 Å². The van der Waals surface area contributed by atoms with Crippen LogP contribution in [0.3, 0.4) is 0 Å². The lowest BCUT2D eigenvalue weighted by Gasteiger charge is -2.20. The molecule has 0 spiro atoms. The molecule has 3 nitrogen and oxygen atoms in total. The first kappa shape index (κ1) is 11.1. The number of aliphatic carboxylic acids is 1. The number of carboxylic acids is 1. The van der Waals surface area contributed by atoms with Gasteiger partial charge in [-0.2, -0.15) is 0 Å². The quantitative estimate of drug-likeness (QED) is 0.817. The van der Waals surface area contributed by atoms with Gasteiger partial charge in [0, 0.05) is 5.41 Å². The number of halogens is 1. The second-order valence-corrected chi connectivity index (χ2v) is 4.44. The molecule has 1 aromatic carbocycles. The molecule has 1 aliphatic carbocycles. The molecule has 0 amide bonds. The van der Waals surface area contributed by atoms with Crippen LogP contribution in [0.25, 0.3) is 0 Å². The van der Waals surface area contributed by atoms with Crippen LogP contribution in [0, 0.1) is 12.7 Å². The minimum Gasteiger partial charge on any atom is -0.480 e. The summed E-state index contributed by atoms with van der Waals surface area (Å²) in [5, 5.41) is 8.92. The number of hydrogen-bond donors (Lipinski definition) is 2. The molecule has 1 atom stereocenters. The lowest BCUT2D eigenvalue weighted by Crippen LogP contribution is -2.42. The van der Waals surface area contributed by atoms with Gasteiger partial charge < -0.3 is 10.8 Å². The van der Waals surface area contributed by atoms with Crippen molar-refractivity contribution in [1.29, 1.82) is 0 Å². The van der Waals surface area contributed by atoms with Crippen LogP contribution in [-0.2, 0) is 10.2 Å². The van der Waals surface area contributed by atoms with Crippen molar-refractivity contribution < 1.29 is 14.3 Å². The smallest absolute Gasteiger partial charge is 0.321 e. The number of rotatable bonds is 3. The van der Waals surface area contributed by atoms with Gasteiger partial charge in [-0.25, -0.2) is 4.39 Å². The number of aryl methyl sites for hydroxylation is 1. The van der Waals surface area contributed by atoms with E-state index < -0.39 is 17.4 Å². The van der Waals surface area contributed by atoms with Gasteiger partial charge in [-0.3, -0.25) is 4.79 Å². The highest BCUT2D eigenvalue weighted by Gasteiger charge is 2.52. The Labute approximate surface area is 93.1 Å². The van der Waals surface area contributed by atoms with Crippen LogP contribution in [0.15, 0.2) is 18.2 Å². The van der Waals surface area contributed by atoms with Crippen LogP contribution >= 0.6 is 0 Å². The number of carbonyl (C=O) groups is 1. The summed E-state index contributed by atoms with van der Waals surface area (Å²) in [6.45, 7) is 1.68. The summed E-state index contributed by atoms with van der Waals surface area (Å²) in [6, 6.07) is 3.90. The molecule has 0 radical (unpaired) electrons. The van der Waals surface area contributed by atoms with E-state index >= 15 is 0 Å². The van der Waals surface area contributed by atoms with Crippen LogP contribution in [0.1, 0.15) is 24.0 Å². The zero-order valence-corrected chi connectivity index (χ0v) is 9.03. The molecule has 1 aromatic rings. The average Bonchev–Trinajstić information content (AvgIpc) is 3.02. The van der Waals surface area contributed by atoms with Crippen molar-refractivity contribution in [3.63, 3.8) is 0 Å². The van der Waals surface area contributed by atoms with E-state index in [-0.39, 0.29) is 5.82 Å². The average molecular weight is 223 g/mol. The van der Waals surface area contributed by atoms with Crippen molar-refractivity contribution in [2.75, 3.05) is 0 Å². The van der Waals surface area contributed by atoms with Gasteiger partial charge in [-0.05, 0) is 37.0 Å². The van der Waals surface area contributed by atoms with Crippen molar-refractivity contribution in [3.05, 3.63) is 35.1 Å². The molecular formula is C12H14FNO2. The lowest BCUT2D eigenvalue weighted by atomic mass is 9.88. The second kappa shape index (κ2) is 3.56. The highest BCUT2D eigenvalue weighted by atomic mass is 19.1. The topological polar surface area (TPSA) is 63.3 Å². The Kier molecular flexibility index (Phi) is 2.46. The summed E-state index contributed by atoms with van der Waals surface area (Å²) in [4.78, 5) is 10.9. The van der Waals surface area contributed by atoms with Gasteiger partial charge >= 0.3 is 5.97 Å². The standard InChI is InChI=1S/C12H14FNO2/c1-7-2-3-8(6-9(7)13)12(4-5-12)10(14)11(15)16/h2-3,6,10H,4-5,14H2,1H3,(H,15,16). The Hall–Kier alpha value is -1.42. The van der Waals surface area contributed by atoms with E-state index in [1.165, 1.54) is 6.07 Å². The Morgan fingerprint density at radius 3 is 2.62 bits per heavy atom. The molecule has 4 heteroatoms. The Morgan fingerprint density at radius 2 is 2.19 bits per heavy atom. The van der Waals surface area contributed by atoms with Gasteiger partial charge in [0.2, 0.25) is 0 Å². The van der Waals surface area contributed by atoms with E-state index in [9.17, 15) is 9.18 Å². The first-order valence-electron chi connectivity index (χ1n) is 5.22. The number of hydrogen-bond acceptors (Lipinski definition) is 2. The molecule has 16 heavy (non-hydrogen) atoms. The van der Waals surface area contributed by atoms with Crippen molar-refractivity contribution in [2.24, 2.45) is 5.73 Å². The Bertz CT molecular complexity index is 441. The molecule has 0 aromatic heterocycles. The monoisotopic (exact) mass is 223 g/mol. The van der Waals surface area contributed by atoms with Crippen molar-refractivity contribution in [2.45, 2.75) is 31.2 Å². The summed E-state index contributed by atoms with van der Waals surface area (Å²) in [6.07, 6.45) is 1.42. The van der Waals surface area contributed by atoms with Gasteiger partial charge in [0.05, 0.1) is 0 Å². The van der Waals surface area contributed by atoms with Crippen LogP contribution in [-0.4, -0.2) is 17.1 Å². The lowest BCUT2D eigenvalue weighted by molar-refractivity contribution is -0.139. The van der Waals surface area contributed by atoms with Crippen LogP contribution in [0.5, 0.6) is 0 Å². The fourth-order valence-corrected chi connectivity index (χ4v) is 2.05. The molecule has 0 saturated heterocycles. The zero-order chi connectivity index (χ0) is 11.9. The fourth-order valence-electron chi connectivity index (χ4n) is 2.05. The van der Waals surface area contributed by atoms with E-state index in [4.69, 9.17) is 10.8 Å². The van der Waals surface area contributed by atoms with Crippen molar-refractivity contribution in [3.8, 4) is 0 Å². The van der Waals surface area contributed by atoms with Gasteiger partial charge in [0.25, 0.3) is 0 Å². The van der Waals surface area contributed by atoms with Crippen molar-refractivity contribution in [1.82, 2.24) is 0 Å². The van der Waals surface area contributed by atoms with Crippen LogP contribution in [0.2, 0.25) is 0 Å². The van der Waals surface area contributed by atoms with Crippen LogP contribution < -0.4 is 5.73 Å². The molecule has 0 heterocycles. The normalized spacial score (nSPS) is 19.2. The third-order valence-electron chi connectivity index (χ3n) is 3.40. The summed E-state index contributed by atoms with van der Waals surface area (Å²) in [7, 11) is 0. The highest BCUT2D eigenvalue weighted by molar-refractivity contribution is 5.77. The van der Waals surface area contributed by atoms with E-state index in [2.05, 4.69) is 0 Å². The molecule has 0 bridgehead atoms. The molecule has 3 N–H and O–H groups in total. The summed E-state index contributed by atoms with van der Waals surface area (Å²) in [5.41, 5.74) is 6.36. The predicted octanol–water partition coefficient (Wildman–Crippen LogP) is 1.58. The number of benzene rings is 1. The Balaban J connectivity index is 2.37. The largest absolute Gasteiger partial charge is 0.480 e. The SMILES string of the molecule is Cc1ccc(C2(C(N)C(=O)O)CC2)cc1F. The zero-order valence-electron chi connectivity index (χ0n) is 9.03. The van der Waals surface area contributed by atoms with E-state index in [1.54, 1.807) is 19.1 Å². The fraction of sp³-hybridized carbons (Fsp3) is 0.417. The van der Waals surface area contributed by atoms with Crippen LogP contribution in [0.4, 0.5) is 4.39 Å². The highest BCUT2D eigenvalue weighted by Crippen LogP contribution is 2.50. The van der Waals surface area contributed by atoms with Gasteiger partial charge in [-0.15, -0.1) is 0 Å². The molecule has 1 fully saturated rings. The van der Waals surface area contributed by atoms with Crippen molar-refractivity contribution >= 4 is 5.97 Å². The minimum absolute atomic E-state index is 0.304. The molecule has 1 unspecified atom stereocenters. The van der Waals surface area contributed by atoms with E-state index in [1.807, 2.05) is 0 Å². The molecule has 1 aliphatic rings. The predicted molar refractivity (Wildman–Crippen MR) is 57.7 cm³/mol. The Morgan fingerprint density at radius 1 is 1.56 bits per heavy atom. The molecular weight excluding hydrogens is 209 g/mol. The van der Waals surface area contributed by atoms with Gasteiger partial charge in [0.1, 0.15) is 11.9 Å². The summed E-state index contributed by atoms with van der Waals surface area (Å²) >= 11 is 0. The summed E-state index contributed by atoms with van der Waals surface area (Å²) in [5.74, 6) is -1.33. The second-order valence-electron chi connectivity index (χ2n) is 4.44. The third kappa shape index (κ3) is 1.59. The number of carboxylic acid groups (broad SMARTS) is 1. The number of nitrogens with two attached hydrogens (primary N) is 1. The molecule has 0 aliphatic heterocycles. The first-order valence-corrected chi connectivity index (χ1v) is 5.22. The van der Waals surface area contributed by atoms with E-state index in [0.29, 0.717) is 24.0 Å². The first-order chi connectivity index (χ1) is 7.47. The molecule has 1 saturated carbocycles. The summed E-state index contributed by atoms with van der Waals surface area (Å²) < 4.78 is 13.4. The maximum Gasteiger partial charge on any atom is 0.321 e. The maximum absolute atomic E-state index is 13.4. The van der Waals surface area contributed by atoms with Gasteiger partial charge in [0.15, 0.2) is 0 Å². The maximum atomic E-state index is 13.4. The molecule has 2 rings (SSSR count). The third-order valence-corrected chi connectivity index (χ3v) is 3.40. The minimum atomic E-state index is -1.03. The van der Waals surface area contributed by atoms with Gasteiger partial charge in [-0.1, -0.05) is 12.1 Å².